The van der Waals surface area contributed by atoms with Crippen molar-refractivity contribution in [1.29, 1.82) is 0 Å². The maximum atomic E-state index is 5.58. The number of ether oxygens (including phenoxy) is 1. The molecule has 8 nitrogen and oxygen atoms in total. The number of anilines is 1. The van der Waals surface area contributed by atoms with Crippen molar-refractivity contribution in [2.45, 2.75) is 13.3 Å². The van der Waals surface area contributed by atoms with Crippen LogP contribution in [-0.4, -0.2) is 55.8 Å². The summed E-state index contributed by atoms with van der Waals surface area (Å²) < 4.78 is 9.18. The van der Waals surface area contributed by atoms with Crippen LogP contribution in [0.2, 0.25) is 0 Å². The third-order valence-corrected chi connectivity index (χ3v) is 6.18. The lowest BCUT2D eigenvalue weighted by Crippen LogP contribution is -2.37. The summed E-state index contributed by atoms with van der Waals surface area (Å²) in [6.07, 6.45) is 8.74. The molecule has 4 heterocycles. The van der Waals surface area contributed by atoms with Crippen molar-refractivity contribution in [2.75, 3.05) is 31.2 Å². The number of nitrogens with zero attached hydrogens (tertiary/aromatic N) is 7. The Balaban J connectivity index is 1.42. The minimum Gasteiger partial charge on any atom is -0.378 e. The third kappa shape index (κ3) is 3.72. The topological polar surface area (TPSA) is 73.9 Å². The molecule has 0 unspecified atom stereocenters. The molecule has 8 heteroatoms. The van der Waals surface area contributed by atoms with Crippen LogP contribution in [0, 0.1) is 6.92 Å². The van der Waals surface area contributed by atoms with Gasteiger partial charge < -0.3 is 9.64 Å². The molecule has 0 atom stereocenters. The summed E-state index contributed by atoms with van der Waals surface area (Å²) in [7, 11) is 1.94. The first-order chi connectivity index (χ1) is 16.1. The van der Waals surface area contributed by atoms with Gasteiger partial charge in [-0.1, -0.05) is 29.8 Å². The van der Waals surface area contributed by atoms with Crippen LogP contribution in [0.25, 0.3) is 28.7 Å². The molecule has 3 aromatic heterocycles. The van der Waals surface area contributed by atoms with Crippen molar-refractivity contribution >= 4 is 17.5 Å². The van der Waals surface area contributed by atoms with Crippen LogP contribution in [0.4, 0.5) is 5.82 Å². The van der Waals surface area contributed by atoms with Gasteiger partial charge >= 0.3 is 0 Å². The van der Waals surface area contributed by atoms with E-state index in [-0.39, 0.29) is 0 Å². The predicted octanol–water partition coefficient (Wildman–Crippen LogP) is 3.30. The summed E-state index contributed by atoms with van der Waals surface area (Å²) in [5.41, 5.74) is 7.62. The molecule has 0 spiro atoms. The Morgan fingerprint density at radius 1 is 1.03 bits per heavy atom. The molecule has 166 valence electrons. The molecule has 2 aliphatic rings. The summed E-state index contributed by atoms with van der Waals surface area (Å²) in [6, 6.07) is 10.5. The fraction of sp³-hybridized carbons (Fsp3) is 0.280. The number of hydrogen-bond donors (Lipinski definition) is 0. The fourth-order valence-electron chi connectivity index (χ4n) is 4.47. The van der Waals surface area contributed by atoms with Crippen LogP contribution in [-0.2, 0) is 18.2 Å². The van der Waals surface area contributed by atoms with Crippen LogP contribution in [0.5, 0.6) is 0 Å². The van der Waals surface area contributed by atoms with E-state index < -0.39 is 0 Å². The van der Waals surface area contributed by atoms with Gasteiger partial charge in [-0.2, -0.15) is 15.2 Å². The first kappa shape index (κ1) is 19.9. The van der Waals surface area contributed by atoms with Gasteiger partial charge in [0.05, 0.1) is 30.8 Å². The molecule has 0 saturated carbocycles. The van der Waals surface area contributed by atoms with Crippen LogP contribution in [0.15, 0.2) is 48.9 Å². The van der Waals surface area contributed by atoms with Gasteiger partial charge in [0.15, 0.2) is 0 Å². The lowest BCUT2D eigenvalue weighted by molar-refractivity contribution is 0.122. The van der Waals surface area contributed by atoms with E-state index in [1.807, 2.05) is 36.4 Å². The van der Waals surface area contributed by atoms with Crippen LogP contribution in [0.1, 0.15) is 22.5 Å². The van der Waals surface area contributed by atoms with Crippen molar-refractivity contribution in [1.82, 2.24) is 29.5 Å². The average molecular weight is 440 g/mol. The van der Waals surface area contributed by atoms with Gasteiger partial charge in [-0.05, 0) is 30.2 Å². The van der Waals surface area contributed by atoms with Crippen molar-refractivity contribution in [3.63, 3.8) is 0 Å². The molecule has 6 rings (SSSR count). The SMILES string of the molecule is Cc1cccc(-c2cnn(-c3nc4c(c(N5CCOCC5)n3)CC(c3ccn(C)n3)=C4)c2)c1. The first-order valence-electron chi connectivity index (χ1n) is 11.2. The van der Waals surface area contributed by atoms with E-state index in [9.17, 15) is 0 Å². The van der Waals surface area contributed by atoms with Crippen molar-refractivity contribution in [3.8, 4) is 17.1 Å². The Labute approximate surface area is 192 Å². The molecular weight excluding hydrogens is 414 g/mol. The minimum absolute atomic E-state index is 0.577. The Kier molecular flexibility index (Phi) is 4.80. The quantitative estimate of drug-likeness (QED) is 0.486. The van der Waals surface area contributed by atoms with Gasteiger partial charge in [-0.3, -0.25) is 4.68 Å². The van der Waals surface area contributed by atoms with Crippen LogP contribution < -0.4 is 4.90 Å². The molecule has 1 aromatic carbocycles. The largest absolute Gasteiger partial charge is 0.378 e. The highest BCUT2D eigenvalue weighted by molar-refractivity contribution is 5.88. The van der Waals surface area contributed by atoms with Gasteiger partial charge in [0.2, 0.25) is 0 Å². The normalized spacial score (nSPS) is 15.6. The predicted molar refractivity (Wildman–Crippen MR) is 127 cm³/mol. The second kappa shape index (κ2) is 7.97. The second-order valence-corrected chi connectivity index (χ2v) is 8.57. The monoisotopic (exact) mass is 439 g/mol. The smallest absolute Gasteiger partial charge is 0.253 e. The van der Waals surface area contributed by atoms with Gasteiger partial charge in [0.25, 0.3) is 5.95 Å². The number of benzene rings is 1. The van der Waals surface area contributed by atoms with E-state index in [1.165, 1.54) is 5.56 Å². The van der Waals surface area contributed by atoms with Crippen molar-refractivity contribution in [2.24, 2.45) is 7.05 Å². The zero-order valence-corrected chi connectivity index (χ0v) is 18.8. The van der Waals surface area contributed by atoms with Crippen molar-refractivity contribution < 1.29 is 4.74 Å². The standard InChI is InChI=1S/C25H25N7O/c1-17-4-3-5-18(12-17)20-15-26-32(16-20)25-27-23-14-19(22-6-7-30(2)29-22)13-21(23)24(28-25)31-8-10-33-11-9-31/h3-7,12,14-16H,8-11,13H2,1-2H3. The van der Waals surface area contributed by atoms with Gasteiger partial charge in [0.1, 0.15) is 5.82 Å². The van der Waals surface area contributed by atoms with Crippen LogP contribution >= 0.6 is 0 Å². The van der Waals surface area contributed by atoms with Gasteiger partial charge in [0, 0.05) is 50.1 Å². The Bertz CT molecular complexity index is 1360. The molecule has 1 fully saturated rings. The summed E-state index contributed by atoms with van der Waals surface area (Å²) in [6.45, 7) is 5.13. The van der Waals surface area contributed by atoms with E-state index >= 15 is 0 Å². The maximum Gasteiger partial charge on any atom is 0.253 e. The maximum absolute atomic E-state index is 5.58. The second-order valence-electron chi connectivity index (χ2n) is 8.57. The summed E-state index contributed by atoms with van der Waals surface area (Å²) in [4.78, 5) is 12.2. The Morgan fingerprint density at radius 2 is 1.91 bits per heavy atom. The average Bonchev–Trinajstić information content (AvgIpc) is 3.58. The summed E-state index contributed by atoms with van der Waals surface area (Å²) in [5.74, 6) is 1.54. The fourth-order valence-corrected chi connectivity index (χ4v) is 4.47. The number of aromatic nitrogens is 6. The molecule has 0 radical (unpaired) electrons. The highest BCUT2D eigenvalue weighted by Gasteiger charge is 2.27. The summed E-state index contributed by atoms with van der Waals surface area (Å²) >= 11 is 0. The van der Waals surface area contributed by atoms with Gasteiger partial charge in [-0.15, -0.1) is 0 Å². The number of aryl methyl sites for hydroxylation is 2. The van der Waals surface area contributed by atoms with Crippen molar-refractivity contribution in [3.05, 3.63) is 71.4 Å². The summed E-state index contributed by atoms with van der Waals surface area (Å²) in [5, 5.41) is 9.19. The molecule has 0 bridgehead atoms. The lowest BCUT2D eigenvalue weighted by atomic mass is 10.1. The Morgan fingerprint density at radius 3 is 2.70 bits per heavy atom. The molecule has 1 saturated heterocycles. The molecule has 4 aromatic rings. The molecular formula is C25H25N7O. The Hall–Kier alpha value is -3.78. The third-order valence-electron chi connectivity index (χ3n) is 6.18. The molecule has 0 N–H and O–H groups in total. The molecule has 33 heavy (non-hydrogen) atoms. The number of allylic oxidation sites excluding steroid dienone is 1. The van der Waals surface area contributed by atoms with E-state index in [1.54, 1.807) is 4.68 Å². The van der Waals surface area contributed by atoms with E-state index in [2.05, 4.69) is 52.4 Å². The van der Waals surface area contributed by atoms with E-state index in [0.29, 0.717) is 19.2 Å². The van der Waals surface area contributed by atoms with E-state index in [4.69, 9.17) is 14.7 Å². The number of morpholine rings is 1. The number of fused-ring (bicyclic) bond motifs is 1. The first-order valence-corrected chi connectivity index (χ1v) is 11.2. The molecule has 1 aliphatic carbocycles. The number of hydrogen-bond acceptors (Lipinski definition) is 6. The van der Waals surface area contributed by atoms with E-state index in [0.717, 1.165) is 59.0 Å². The lowest BCUT2D eigenvalue weighted by Gasteiger charge is -2.29. The number of rotatable bonds is 4. The highest BCUT2D eigenvalue weighted by Crippen LogP contribution is 2.36. The van der Waals surface area contributed by atoms with Crippen LogP contribution in [0.3, 0.4) is 0 Å². The molecule has 0 amide bonds. The van der Waals surface area contributed by atoms with Gasteiger partial charge in [-0.25, -0.2) is 9.67 Å². The zero-order valence-electron chi connectivity index (χ0n) is 18.8. The minimum atomic E-state index is 0.577. The highest BCUT2D eigenvalue weighted by atomic mass is 16.5. The zero-order chi connectivity index (χ0) is 22.4. The molecule has 1 aliphatic heterocycles.